The van der Waals surface area contributed by atoms with E-state index < -0.39 is 4.92 Å². The molecule has 0 aromatic heterocycles. The van der Waals surface area contributed by atoms with Crippen molar-refractivity contribution >= 4 is 29.0 Å². The first-order chi connectivity index (χ1) is 8.69. The number of aromatic hydroxyl groups is 1. The summed E-state index contributed by atoms with van der Waals surface area (Å²) in [6.45, 7) is 5.95. The van der Waals surface area contributed by atoms with Gasteiger partial charge in [0.2, 0.25) is 5.91 Å². The SMILES string of the molecule is CC(C)(C)SCC(=O)Nc1cc([N+](=O)[O-])ccc1O. The lowest BCUT2D eigenvalue weighted by molar-refractivity contribution is -0.384. The fraction of sp³-hybridized carbons (Fsp3) is 0.417. The Kier molecular flexibility index (Phi) is 4.77. The zero-order valence-corrected chi connectivity index (χ0v) is 11.8. The van der Waals surface area contributed by atoms with Gasteiger partial charge in [0.25, 0.3) is 5.69 Å². The molecule has 1 rings (SSSR count). The van der Waals surface area contributed by atoms with Crippen LogP contribution in [0.3, 0.4) is 0 Å². The average Bonchev–Trinajstić information content (AvgIpc) is 2.28. The van der Waals surface area contributed by atoms with Gasteiger partial charge in [-0.3, -0.25) is 14.9 Å². The van der Waals surface area contributed by atoms with Crippen molar-refractivity contribution in [2.45, 2.75) is 25.5 Å². The predicted octanol–water partition coefficient (Wildman–Crippen LogP) is 2.77. The van der Waals surface area contributed by atoms with Crippen LogP contribution in [0.4, 0.5) is 11.4 Å². The average molecular weight is 284 g/mol. The number of benzene rings is 1. The number of phenols is 1. The quantitative estimate of drug-likeness (QED) is 0.504. The van der Waals surface area contributed by atoms with Crippen molar-refractivity contribution < 1.29 is 14.8 Å². The topological polar surface area (TPSA) is 92.5 Å². The van der Waals surface area contributed by atoms with Gasteiger partial charge in [-0.05, 0) is 6.07 Å². The van der Waals surface area contributed by atoms with Crippen LogP contribution in [0.2, 0.25) is 0 Å². The number of hydrogen-bond acceptors (Lipinski definition) is 5. The summed E-state index contributed by atoms with van der Waals surface area (Å²) in [5.41, 5.74) is -0.134. The van der Waals surface area contributed by atoms with E-state index in [0.29, 0.717) is 0 Å². The molecule has 0 aliphatic rings. The first-order valence-corrected chi connectivity index (χ1v) is 6.59. The number of carbonyl (C=O) groups is 1. The van der Waals surface area contributed by atoms with Crippen molar-refractivity contribution in [3.8, 4) is 5.75 Å². The molecule has 0 radical (unpaired) electrons. The predicted molar refractivity (Wildman–Crippen MR) is 75.6 cm³/mol. The number of non-ortho nitro benzene ring substituents is 1. The smallest absolute Gasteiger partial charge is 0.271 e. The van der Waals surface area contributed by atoms with Crippen LogP contribution in [0.15, 0.2) is 18.2 Å². The van der Waals surface area contributed by atoms with E-state index in [9.17, 15) is 20.0 Å². The zero-order valence-electron chi connectivity index (χ0n) is 11.0. The van der Waals surface area contributed by atoms with E-state index in [-0.39, 0.29) is 33.5 Å². The van der Waals surface area contributed by atoms with E-state index in [4.69, 9.17) is 0 Å². The number of nitrogens with zero attached hydrogens (tertiary/aromatic N) is 1. The Bertz CT molecular complexity index is 497. The summed E-state index contributed by atoms with van der Waals surface area (Å²) >= 11 is 1.45. The van der Waals surface area contributed by atoms with Crippen molar-refractivity contribution in [3.05, 3.63) is 28.3 Å². The Morgan fingerprint density at radius 2 is 2.11 bits per heavy atom. The van der Waals surface area contributed by atoms with Gasteiger partial charge in [-0.2, -0.15) is 0 Å². The molecule has 7 heteroatoms. The normalized spacial score (nSPS) is 11.1. The van der Waals surface area contributed by atoms with Crippen LogP contribution in [0.1, 0.15) is 20.8 Å². The van der Waals surface area contributed by atoms with Gasteiger partial charge in [-0.25, -0.2) is 0 Å². The molecule has 0 unspecified atom stereocenters. The minimum atomic E-state index is -0.584. The highest BCUT2D eigenvalue weighted by molar-refractivity contribution is 8.01. The van der Waals surface area contributed by atoms with Crippen molar-refractivity contribution in [1.82, 2.24) is 0 Å². The molecule has 0 saturated heterocycles. The number of amides is 1. The second kappa shape index (κ2) is 5.92. The summed E-state index contributed by atoms with van der Waals surface area (Å²) in [6, 6.07) is 3.49. The molecule has 19 heavy (non-hydrogen) atoms. The Labute approximate surface area is 115 Å². The van der Waals surface area contributed by atoms with Gasteiger partial charge in [0.05, 0.1) is 16.4 Å². The monoisotopic (exact) mass is 284 g/mol. The van der Waals surface area contributed by atoms with Crippen LogP contribution < -0.4 is 5.32 Å². The Balaban J connectivity index is 2.73. The Morgan fingerprint density at radius 1 is 1.47 bits per heavy atom. The van der Waals surface area contributed by atoms with E-state index in [1.807, 2.05) is 20.8 Å². The Hall–Kier alpha value is -1.76. The van der Waals surface area contributed by atoms with Crippen LogP contribution in [0.25, 0.3) is 0 Å². The van der Waals surface area contributed by atoms with Crippen LogP contribution in [-0.2, 0) is 4.79 Å². The molecule has 0 atom stereocenters. The lowest BCUT2D eigenvalue weighted by atomic mass is 10.2. The van der Waals surface area contributed by atoms with E-state index >= 15 is 0 Å². The molecule has 1 amide bonds. The molecule has 0 aliphatic heterocycles. The van der Waals surface area contributed by atoms with E-state index in [2.05, 4.69) is 5.32 Å². The molecule has 1 aromatic carbocycles. The number of carbonyl (C=O) groups excluding carboxylic acids is 1. The molecular formula is C12H16N2O4S. The number of thioether (sulfide) groups is 1. The summed E-state index contributed by atoms with van der Waals surface area (Å²) in [5.74, 6) is -0.290. The molecule has 0 aliphatic carbocycles. The fourth-order valence-corrected chi connectivity index (χ4v) is 1.84. The largest absolute Gasteiger partial charge is 0.506 e. The summed E-state index contributed by atoms with van der Waals surface area (Å²) in [4.78, 5) is 21.7. The van der Waals surface area contributed by atoms with Gasteiger partial charge >= 0.3 is 0 Å². The van der Waals surface area contributed by atoms with Crippen molar-refractivity contribution in [1.29, 1.82) is 0 Å². The summed E-state index contributed by atoms with van der Waals surface area (Å²) in [7, 11) is 0. The molecule has 0 fully saturated rings. The lowest BCUT2D eigenvalue weighted by Gasteiger charge is -2.17. The van der Waals surface area contributed by atoms with Crippen LogP contribution in [0.5, 0.6) is 5.75 Å². The van der Waals surface area contributed by atoms with Gasteiger partial charge in [-0.15, -0.1) is 11.8 Å². The van der Waals surface area contributed by atoms with E-state index in [1.54, 1.807) is 0 Å². The fourth-order valence-electron chi connectivity index (χ4n) is 1.21. The van der Waals surface area contributed by atoms with Crippen molar-refractivity contribution in [2.24, 2.45) is 0 Å². The number of nitrogens with one attached hydrogen (secondary N) is 1. The Morgan fingerprint density at radius 3 is 2.63 bits per heavy atom. The lowest BCUT2D eigenvalue weighted by Crippen LogP contribution is -2.19. The molecule has 0 saturated carbocycles. The molecule has 1 aromatic rings. The highest BCUT2D eigenvalue weighted by Crippen LogP contribution is 2.28. The van der Waals surface area contributed by atoms with Gasteiger partial charge in [0, 0.05) is 16.9 Å². The van der Waals surface area contributed by atoms with Gasteiger partial charge < -0.3 is 10.4 Å². The molecule has 0 bridgehead atoms. The summed E-state index contributed by atoms with van der Waals surface area (Å²) in [6.07, 6.45) is 0. The molecule has 104 valence electrons. The highest BCUT2D eigenvalue weighted by Gasteiger charge is 2.16. The third-order valence-electron chi connectivity index (χ3n) is 2.10. The number of phenolic OH excluding ortho intramolecular Hbond substituents is 1. The maximum absolute atomic E-state index is 11.7. The van der Waals surface area contributed by atoms with E-state index in [0.717, 1.165) is 6.07 Å². The summed E-state index contributed by atoms with van der Waals surface area (Å²) in [5, 5.41) is 22.6. The van der Waals surface area contributed by atoms with Gasteiger partial charge in [0.15, 0.2) is 0 Å². The summed E-state index contributed by atoms with van der Waals surface area (Å²) < 4.78 is -0.0535. The first kappa shape index (κ1) is 15.3. The number of nitro groups is 1. The minimum absolute atomic E-state index is 0.0497. The molecule has 2 N–H and O–H groups in total. The number of hydrogen-bond donors (Lipinski definition) is 2. The number of rotatable bonds is 4. The maximum Gasteiger partial charge on any atom is 0.271 e. The van der Waals surface area contributed by atoms with E-state index in [1.165, 1.54) is 23.9 Å². The molecule has 6 nitrogen and oxygen atoms in total. The minimum Gasteiger partial charge on any atom is -0.506 e. The number of anilines is 1. The molecule has 0 spiro atoms. The van der Waals surface area contributed by atoms with Gasteiger partial charge in [-0.1, -0.05) is 20.8 Å². The van der Waals surface area contributed by atoms with Crippen LogP contribution in [-0.4, -0.2) is 26.4 Å². The molecular weight excluding hydrogens is 268 g/mol. The highest BCUT2D eigenvalue weighted by atomic mass is 32.2. The first-order valence-electron chi connectivity index (χ1n) is 5.60. The van der Waals surface area contributed by atoms with Crippen LogP contribution >= 0.6 is 11.8 Å². The van der Waals surface area contributed by atoms with Gasteiger partial charge in [0.1, 0.15) is 5.75 Å². The second-order valence-corrected chi connectivity index (χ2v) is 6.71. The third-order valence-corrected chi connectivity index (χ3v) is 3.37. The number of nitro benzene ring substituents is 1. The standard InChI is InChI=1S/C12H16N2O4S/c1-12(2,3)19-7-11(16)13-9-6-8(14(17)18)4-5-10(9)15/h4-6,15H,7H2,1-3H3,(H,13,16). The maximum atomic E-state index is 11.7. The molecule has 0 heterocycles. The second-order valence-electron chi connectivity index (χ2n) is 4.91. The van der Waals surface area contributed by atoms with Crippen molar-refractivity contribution in [3.63, 3.8) is 0 Å². The van der Waals surface area contributed by atoms with Crippen LogP contribution in [0, 0.1) is 10.1 Å². The third kappa shape index (κ3) is 5.17. The van der Waals surface area contributed by atoms with Crippen molar-refractivity contribution in [2.75, 3.05) is 11.1 Å². The zero-order chi connectivity index (χ0) is 14.6.